The van der Waals surface area contributed by atoms with E-state index in [4.69, 9.17) is 9.84 Å². The Morgan fingerprint density at radius 3 is 2.97 bits per heavy atom. The number of benzene rings is 1. The summed E-state index contributed by atoms with van der Waals surface area (Å²) in [6, 6.07) is 5.80. The molecule has 2 aromatic heterocycles. The minimum atomic E-state index is -0.0164. The van der Waals surface area contributed by atoms with E-state index in [1.165, 1.54) is 0 Å². The molecule has 152 valence electrons. The molecule has 8 nitrogen and oxygen atoms in total. The highest BCUT2D eigenvalue weighted by atomic mass is 16.5. The molecule has 1 aliphatic rings. The van der Waals surface area contributed by atoms with Crippen molar-refractivity contribution in [2.45, 2.75) is 32.2 Å². The number of hydrogen-bond acceptors (Lipinski definition) is 6. The van der Waals surface area contributed by atoms with Crippen LogP contribution < -0.4 is 15.4 Å². The van der Waals surface area contributed by atoms with Crippen molar-refractivity contribution in [3.05, 3.63) is 47.4 Å². The van der Waals surface area contributed by atoms with E-state index in [9.17, 15) is 4.79 Å². The Labute approximate surface area is 169 Å². The minimum Gasteiger partial charge on any atom is -0.496 e. The summed E-state index contributed by atoms with van der Waals surface area (Å²) in [5.74, 6) is 1.18. The molecule has 3 aromatic rings. The molecule has 0 bridgehead atoms. The van der Waals surface area contributed by atoms with Crippen LogP contribution in [0.5, 0.6) is 5.75 Å². The topological polar surface area (TPSA) is 94.0 Å². The molecule has 1 amide bonds. The van der Waals surface area contributed by atoms with Gasteiger partial charge in [0.2, 0.25) is 5.91 Å². The van der Waals surface area contributed by atoms with Gasteiger partial charge >= 0.3 is 0 Å². The highest BCUT2D eigenvalue weighted by Gasteiger charge is 2.24. The summed E-state index contributed by atoms with van der Waals surface area (Å²) in [4.78, 5) is 21.3. The molecule has 2 N–H and O–H groups in total. The molecule has 1 unspecified atom stereocenters. The number of nitrogens with zero attached hydrogens (tertiary/aromatic N) is 4. The number of aryl methyl sites for hydroxylation is 1. The zero-order valence-corrected chi connectivity index (χ0v) is 16.8. The molecule has 0 saturated carbocycles. The second kappa shape index (κ2) is 8.57. The lowest BCUT2D eigenvalue weighted by Gasteiger charge is -2.09. The van der Waals surface area contributed by atoms with Crippen LogP contribution in [0.15, 0.2) is 30.6 Å². The summed E-state index contributed by atoms with van der Waals surface area (Å²) in [5.41, 5.74) is 4.62. The van der Waals surface area contributed by atoms with Gasteiger partial charge in [-0.2, -0.15) is 5.10 Å². The SMILES string of the molecule is COc1ccc(CC(=O)NCCn2nc(C3CCNC3)c3nccnc32)cc1C. The fraction of sp³-hybridized carbons (Fsp3) is 0.429. The maximum atomic E-state index is 12.3. The molecular weight excluding hydrogens is 368 g/mol. The van der Waals surface area contributed by atoms with Crippen molar-refractivity contribution in [1.82, 2.24) is 30.4 Å². The summed E-state index contributed by atoms with van der Waals surface area (Å²) >= 11 is 0. The molecule has 0 aliphatic carbocycles. The van der Waals surface area contributed by atoms with Gasteiger partial charge in [0.1, 0.15) is 11.3 Å². The van der Waals surface area contributed by atoms with E-state index in [1.54, 1.807) is 19.5 Å². The summed E-state index contributed by atoms with van der Waals surface area (Å²) in [7, 11) is 1.65. The lowest BCUT2D eigenvalue weighted by molar-refractivity contribution is -0.120. The van der Waals surface area contributed by atoms with Gasteiger partial charge in [0, 0.05) is 31.4 Å². The second-order valence-electron chi connectivity index (χ2n) is 7.36. The molecule has 1 aliphatic heterocycles. The van der Waals surface area contributed by atoms with Crippen molar-refractivity contribution in [2.24, 2.45) is 0 Å². The van der Waals surface area contributed by atoms with Crippen LogP contribution in [0.4, 0.5) is 0 Å². The first-order chi connectivity index (χ1) is 14.2. The molecule has 29 heavy (non-hydrogen) atoms. The number of nitrogens with one attached hydrogen (secondary N) is 2. The number of ether oxygens (including phenoxy) is 1. The maximum Gasteiger partial charge on any atom is 0.224 e. The number of carbonyl (C=O) groups is 1. The molecule has 0 radical (unpaired) electrons. The largest absolute Gasteiger partial charge is 0.496 e. The number of amides is 1. The number of fused-ring (bicyclic) bond motifs is 1. The van der Waals surface area contributed by atoms with Crippen molar-refractivity contribution in [3.63, 3.8) is 0 Å². The molecule has 1 aromatic carbocycles. The Balaban J connectivity index is 1.38. The van der Waals surface area contributed by atoms with Gasteiger partial charge in [-0.3, -0.25) is 4.79 Å². The van der Waals surface area contributed by atoms with E-state index in [0.717, 1.165) is 53.2 Å². The standard InChI is InChI=1S/C21H26N6O2/c1-14-11-15(3-4-17(14)29-2)12-18(28)23-9-10-27-21-20(24-7-8-25-21)19(26-27)16-5-6-22-13-16/h3-4,7-8,11,16,22H,5-6,9-10,12-13H2,1-2H3,(H,23,28). The zero-order chi connectivity index (χ0) is 20.2. The predicted octanol–water partition coefficient (Wildman–Crippen LogP) is 1.58. The van der Waals surface area contributed by atoms with Crippen molar-refractivity contribution < 1.29 is 9.53 Å². The first kappa shape index (κ1) is 19.3. The van der Waals surface area contributed by atoms with Crippen LogP contribution in [-0.2, 0) is 17.8 Å². The number of hydrogen-bond donors (Lipinski definition) is 2. The smallest absolute Gasteiger partial charge is 0.224 e. The Hall–Kier alpha value is -3.00. The second-order valence-corrected chi connectivity index (χ2v) is 7.36. The first-order valence-electron chi connectivity index (χ1n) is 9.94. The van der Waals surface area contributed by atoms with Gasteiger partial charge in [0.25, 0.3) is 0 Å². The van der Waals surface area contributed by atoms with Crippen LogP contribution >= 0.6 is 0 Å². The molecule has 4 rings (SSSR count). The lowest BCUT2D eigenvalue weighted by atomic mass is 10.0. The third kappa shape index (κ3) is 4.22. The van der Waals surface area contributed by atoms with Gasteiger partial charge in [-0.05, 0) is 37.1 Å². The fourth-order valence-electron chi connectivity index (χ4n) is 3.84. The average Bonchev–Trinajstić information content (AvgIpc) is 3.36. The van der Waals surface area contributed by atoms with E-state index in [0.29, 0.717) is 25.4 Å². The molecule has 8 heteroatoms. The van der Waals surface area contributed by atoms with E-state index in [2.05, 4.69) is 20.6 Å². The fourth-order valence-corrected chi connectivity index (χ4v) is 3.84. The average molecular weight is 394 g/mol. The van der Waals surface area contributed by atoms with Gasteiger partial charge in [-0.15, -0.1) is 0 Å². The first-order valence-corrected chi connectivity index (χ1v) is 9.94. The van der Waals surface area contributed by atoms with Crippen LogP contribution in [0.3, 0.4) is 0 Å². The number of methoxy groups -OCH3 is 1. The normalized spacial score (nSPS) is 16.3. The monoisotopic (exact) mass is 394 g/mol. The van der Waals surface area contributed by atoms with Crippen LogP contribution in [0, 0.1) is 6.92 Å². The van der Waals surface area contributed by atoms with E-state index < -0.39 is 0 Å². The number of rotatable bonds is 7. The minimum absolute atomic E-state index is 0.0164. The van der Waals surface area contributed by atoms with Gasteiger partial charge in [0.05, 0.1) is 25.8 Å². The molecule has 1 atom stereocenters. The van der Waals surface area contributed by atoms with Crippen molar-refractivity contribution in [1.29, 1.82) is 0 Å². The third-order valence-electron chi connectivity index (χ3n) is 5.31. The maximum absolute atomic E-state index is 12.3. The Kier molecular flexibility index (Phi) is 5.71. The summed E-state index contributed by atoms with van der Waals surface area (Å²) in [6.07, 6.45) is 4.78. The van der Waals surface area contributed by atoms with Crippen molar-refractivity contribution >= 4 is 17.1 Å². The molecule has 3 heterocycles. The number of aromatic nitrogens is 4. The lowest BCUT2D eigenvalue weighted by Crippen LogP contribution is -2.29. The Bertz CT molecular complexity index is 1010. The molecular formula is C21H26N6O2. The molecule has 1 fully saturated rings. The van der Waals surface area contributed by atoms with Gasteiger partial charge < -0.3 is 15.4 Å². The molecule has 0 spiro atoms. The van der Waals surface area contributed by atoms with Crippen LogP contribution in [0.1, 0.15) is 29.2 Å². The number of carbonyl (C=O) groups excluding carboxylic acids is 1. The summed E-state index contributed by atoms with van der Waals surface area (Å²) in [5, 5.41) is 11.1. The highest BCUT2D eigenvalue weighted by molar-refractivity contribution is 5.78. The quantitative estimate of drug-likeness (QED) is 0.632. The van der Waals surface area contributed by atoms with Gasteiger partial charge in [0.15, 0.2) is 5.65 Å². The summed E-state index contributed by atoms with van der Waals surface area (Å²) < 4.78 is 7.12. The van der Waals surface area contributed by atoms with Gasteiger partial charge in [-0.25, -0.2) is 14.6 Å². The van der Waals surface area contributed by atoms with E-state index >= 15 is 0 Å². The van der Waals surface area contributed by atoms with E-state index in [1.807, 2.05) is 29.8 Å². The molecule has 1 saturated heterocycles. The van der Waals surface area contributed by atoms with Crippen molar-refractivity contribution in [2.75, 3.05) is 26.7 Å². The third-order valence-corrected chi connectivity index (χ3v) is 5.31. The van der Waals surface area contributed by atoms with Crippen LogP contribution in [-0.4, -0.2) is 52.4 Å². The summed E-state index contributed by atoms with van der Waals surface area (Å²) in [6.45, 7) is 4.94. The van der Waals surface area contributed by atoms with Crippen molar-refractivity contribution in [3.8, 4) is 5.75 Å². The zero-order valence-electron chi connectivity index (χ0n) is 16.8. The predicted molar refractivity (Wildman–Crippen MR) is 110 cm³/mol. The van der Waals surface area contributed by atoms with Crippen LogP contribution in [0.2, 0.25) is 0 Å². The van der Waals surface area contributed by atoms with Gasteiger partial charge in [-0.1, -0.05) is 12.1 Å². The highest BCUT2D eigenvalue weighted by Crippen LogP contribution is 2.26. The van der Waals surface area contributed by atoms with Crippen LogP contribution in [0.25, 0.3) is 11.2 Å². The van der Waals surface area contributed by atoms with E-state index in [-0.39, 0.29) is 5.91 Å². The Morgan fingerprint density at radius 1 is 1.34 bits per heavy atom. The Morgan fingerprint density at radius 2 is 2.21 bits per heavy atom.